The molecule has 42 heavy (non-hydrogen) atoms. The minimum absolute atomic E-state index is 0.197. The van der Waals surface area contributed by atoms with Gasteiger partial charge in [0.05, 0.1) is 0 Å². The van der Waals surface area contributed by atoms with E-state index in [1.165, 1.54) is 54.3 Å². The van der Waals surface area contributed by atoms with Crippen LogP contribution in [0.1, 0.15) is 43.2 Å². The summed E-state index contributed by atoms with van der Waals surface area (Å²) in [5.41, 5.74) is 11.6. The maximum absolute atomic E-state index is 6.34. The van der Waals surface area contributed by atoms with Gasteiger partial charge in [0.25, 0.3) is 0 Å². The Hall–Kier alpha value is -4.30. The van der Waals surface area contributed by atoms with Gasteiger partial charge in [0.1, 0.15) is 11.2 Å². The number of hydrogen-bond donors (Lipinski definition) is 0. The minimum atomic E-state index is 0.197. The molecule has 2 nitrogen and oxygen atoms in total. The normalized spacial score (nSPS) is 26.7. The lowest BCUT2D eigenvalue weighted by Gasteiger charge is -2.61. The molecule has 0 atom stereocenters. The van der Waals surface area contributed by atoms with Crippen molar-refractivity contribution in [1.29, 1.82) is 0 Å². The van der Waals surface area contributed by atoms with Gasteiger partial charge in [0.15, 0.2) is 0 Å². The summed E-state index contributed by atoms with van der Waals surface area (Å²) in [7, 11) is 0. The van der Waals surface area contributed by atoms with Crippen molar-refractivity contribution < 1.29 is 4.42 Å². The second-order valence-corrected chi connectivity index (χ2v) is 13.4. The van der Waals surface area contributed by atoms with Crippen LogP contribution in [0.2, 0.25) is 0 Å². The predicted octanol–water partition coefficient (Wildman–Crippen LogP) is 10.8. The first-order chi connectivity index (χ1) is 20.8. The summed E-state index contributed by atoms with van der Waals surface area (Å²) in [6.07, 6.45) is 7.14. The largest absolute Gasteiger partial charge is 0.456 e. The Bertz CT molecular complexity index is 1990. The molecule has 5 aromatic carbocycles. The van der Waals surface area contributed by atoms with E-state index in [4.69, 9.17) is 4.42 Å². The molecular formula is C40H33NO. The smallest absolute Gasteiger partial charge is 0.137 e. The molecule has 1 heterocycles. The van der Waals surface area contributed by atoms with Gasteiger partial charge in [-0.1, -0.05) is 66.7 Å². The highest BCUT2D eigenvalue weighted by atomic mass is 16.3. The second kappa shape index (κ2) is 8.38. The Morgan fingerprint density at radius 1 is 0.500 bits per heavy atom. The zero-order chi connectivity index (χ0) is 27.4. The van der Waals surface area contributed by atoms with Crippen LogP contribution in [0.5, 0.6) is 0 Å². The Balaban J connectivity index is 1.17. The summed E-state index contributed by atoms with van der Waals surface area (Å²) in [5.74, 6) is 3.47. The van der Waals surface area contributed by atoms with Gasteiger partial charge in [-0.25, -0.2) is 0 Å². The molecule has 0 N–H and O–H groups in total. The number of para-hydroxylation sites is 2. The number of anilines is 3. The highest BCUT2D eigenvalue weighted by molar-refractivity contribution is 6.06. The van der Waals surface area contributed by atoms with E-state index in [0.29, 0.717) is 0 Å². The van der Waals surface area contributed by atoms with Crippen LogP contribution in [0.25, 0.3) is 33.1 Å². The maximum Gasteiger partial charge on any atom is 0.137 e. The number of furan rings is 1. The molecule has 4 bridgehead atoms. The van der Waals surface area contributed by atoms with Gasteiger partial charge >= 0.3 is 0 Å². The van der Waals surface area contributed by atoms with Gasteiger partial charge < -0.3 is 9.32 Å². The molecule has 204 valence electrons. The van der Waals surface area contributed by atoms with Crippen LogP contribution in [0.15, 0.2) is 120 Å². The molecule has 0 saturated heterocycles. The lowest BCUT2D eigenvalue weighted by atomic mass is 9.43. The van der Waals surface area contributed by atoms with E-state index in [2.05, 4.69) is 114 Å². The molecule has 1 spiro atoms. The van der Waals surface area contributed by atoms with Gasteiger partial charge in [-0.05, 0) is 120 Å². The molecule has 0 amide bonds. The highest BCUT2D eigenvalue weighted by Crippen LogP contribution is 2.69. The third kappa shape index (κ3) is 3.00. The third-order valence-corrected chi connectivity index (χ3v) is 11.4. The number of fused-ring (bicyclic) bond motifs is 6. The van der Waals surface area contributed by atoms with E-state index in [0.717, 1.165) is 51.6 Å². The van der Waals surface area contributed by atoms with E-state index in [9.17, 15) is 0 Å². The zero-order valence-electron chi connectivity index (χ0n) is 23.7. The molecule has 0 radical (unpaired) electrons. The van der Waals surface area contributed by atoms with Crippen molar-refractivity contribution in [3.63, 3.8) is 0 Å². The molecular weight excluding hydrogens is 510 g/mol. The van der Waals surface area contributed by atoms with Crippen LogP contribution < -0.4 is 4.90 Å². The van der Waals surface area contributed by atoms with E-state index in [1.807, 2.05) is 6.07 Å². The average Bonchev–Trinajstić information content (AvgIpc) is 3.54. The predicted molar refractivity (Wildman–Crippen MR) is 172 cm³/mol. The monoisotopic (exact) mass is 543 g/mol. The number of hydrogen-bond acceptors (Lipinski definition) is 2. The third-order valence-electron chi connectivity index (χ3n) is 11.4. The first-order valence-electron chi connectivity index (χ1n) is 15.8. The first-order valence-corrected chi connectivity index (χ1v) is 15.8. The fraction of sp³-hybridized carbons (Fsp3) is 0.250. The van der Waals surface area contributed by atoms with Crippen molar-refractivity contribution in [3.05, 3.63) is 126 Å². The molecule has 2 heteroatoms. The summed E-state index contributed by atoms with van der Waals surface area (Å²) in [4.78, 5) is 2.40. The first kappa shape index (κ1) is 23.3. The fourth-order valence-corrected chi connectivity index (χ4v) is 10.2. The Kier molecular flexibility index (Phi) is 4.65. The van der Waals surface area contributed by atoms with Gasteiger partial charge in [-0.2, -0.15) is 0 Å². The van der Waals surface area contributed by atoms with Gasteiger partial charge in [0, 0.05) is 39.3 Å². The van der Waals surface area contributed by atoms with E-state index in [1.54, 1.807) is 11.1 Å². The lowest BCUT2D eigenvalue weighted by Crippen LogP contribution is -2.55. The summed E-state index contributed by atoms with van der Waals surface area (Å²) in [6, 6.07) is 42.6. The van der Waals surface area contributed by atoms with Crippen LogP contribution in [0.4, 0.5) is 17.1 Å². The fourth-order valence-electron chi connectivity index (χ4n) is 10.2. The molecule has 1 aromatic heterocycles. The quantitative estimate of drug-likeness (QED) is 0.221. The lowest BCUT2D eigenvalue weighted by molar-refractivity contribution is -0.0399. The van der Waals surface area contributed by atoms with Crippen molar-refractivity contribution in [1.82, 2.24) is 0 Å². The Morgan fingerprint density at radius 3 is 1.98 bits per heavy atom. The van der Waals surface area contributed by atoms with E-state index < -0.39 is 0 Å². The summed E-state index contributed by atoms with van der Waals surface area (Å²) in [5, 5.41) is 2.33. The molecule has 5 aliphatic carbocycles. The Labute approximate surface area is 246 Å². The van der Waals surface area contributed by atoms with Crippen molar-refractivity contribution in [2.24, 2.45) is 23.7 Å². The number of benzene rings is 5. The molecule has 0 unspecified atom stereocenters. The molecule has 4 saturated carbocycles. The molecule has 6 aromatic rings. The summed E-state index contributed by atoms with van der Waals surface area (Å²) < 4.78 is 6.34. The average molecular weight is 544 g/mol. The van der Waals surface area contributed by atoms with Crippen LogP contribution in [0.3, 0.4) is 0 Å². The molecule has 5 aliphatic rings. The van der Waals surface area contributed by atoms with Crippen LogP contribution >= 0.6 is 0 Å². The van der Waals surface area contributed by atoms with Crippen LogP contribution in [-0.2, 0) is 5.41 Å². The standard InChI is InChI=1S/C40H33NO/c1-2-8-29(9-3-1)41(31-14-16-34-33-11-5-7-13-38(33)42-39(34)24-31)30-15-17-37-35(23-30)32-10-4-6-12-36(32)40(37)27-19-25-18-26(21-27)22-28(40)20-25/h1-17,23-28H,18-22H2. The number of rotatable bonds is 3. The summed E-state index contributed by atoms with van der Waals surface area (Å²) >= 11 is 0. The Morgan fingerprint density at radius 2 is 1.14 bits per heavy atom. The highest BCUT2D eigenvalue weighted by Gasteiger charge is 2.61. The number of nitrogens with zero attached hydrogens (tertiary/aromatic N) is 1. The topological polar surface area (TPSA) is 16.4 Å². The maximum atomic E-state index is 6.34. The zero-order valence-corrected chi connectivity index (χ0v) is 23.7. The van der Waals surface area contributed by atoms with Crippen molar-refractivity contribution in [3.8, 4) is 11.1 Å². The SMILES string of the molecule is c1ccc(N(c2ccc3c(c2)-c2ccccc2C32C3CC4CC(C3)CC2C4)c2ccc3c(c2)oc2ccccc23)cc1. The van der Waals surface area contributed by atoms with Gasteiger partial charge in [-0.15, -0.1) is 0 Å². The van der Waals surface area contributed by atoms with Gasteiger partial charge in [-0.3, -0.25) is 0 Å². The van der Waals surface area contributed by atoms with E-state index in [-0.39, 0.29) is 5.41 Å². The second-order valence-electron chi connectivity index (χ2n) is 13.4. The summed E-state index contributed by atoms with van der Waals surface area (Å²) in [6.45, 7) is 0. The van der Waals surface area contributed by atoms with Crippen molar-refractivity contribution in [2.75, 3.05) is 4.90 Å². The molecule has 0 aliphatic heterocycles. The van der Waals surface area contributed by atoms with E-state index >= 15 is 0 Å². The molecule has 4 fully saturated rings. The van der Waals surface area contributed by atoms with Crippen LogP contribution in [0, 0.1) is 23.7 Å². The minimum Gasteiger partial charge on any atom is -0.456 e. The van der Waals surface area contributed by atoms with Crippen molar-refractivity contribution in [2.45, 2.75) is 37.5 Å². The van der Waals surface area contributed by atoms with Crippen molar-refractivity contribution >= 4 is 39.0 Å². The van der Waals surface area contributed by atoms with Crippen LogP contribution in [-0.4, -0.2) is 0 Å². The molecule has 11 rings (SSSR count). The van der Waals surface area contributed by atoms with Gasteiger partial charge in [0.2, 0.25) is 0 Å².